The minimum Gasteiger partial charge on any atom is -0.378 e. The lowest BCUT2D eigenvalue weighted by atomic mass is 10.0. The summed E-state index contributed by atoms with van der Waals surface area (Å²) in [5.41, 5.74) is 1.16. The van der Waals surface area contributed by atoms with Gasteiger partial charge in [0.2, 0.25) is 0 Å². The second-order valence-corrected chi connectivity index (χ2v) is 6.13. The van der Waals surface area contributed by atoms with Crippen LogP contribution in [0.5, 0.6) is 0 Å². The number of hydrogen-bond acceptors (Lipinski definition) is 2. The molecule has 2 atom stereocenters. The van der Waals surface area contributed by atoms with Gasteiger partial charge in [-0.05, 0) is 43.5 Å². The SMILES string of the molecule is Cc1ccc(C[C@@H](C)NC(=O)[C@H](O)c2cccc(C(F)(F)F)c2)cc1. The number of nitrogens with one attached hydrogen (secondary N) is 1. The van der Waals surface area contributed by atoms with Crippen molar-refractivity contribution in [1.29, 1.82) is 0 Å². The van der Waals surface area contributed by atoms with Gasteiger partial charge < -0.3 is 10.4 Å². The van der Waals surface area contributed by atoms with E-state index in [4.69, 9.17) is 0 Å². The van der Waals surface area contributed by atoms with Crippen LogP contribution < -0.4 is 5.32 Å². The summed E-state index contributed by atoms with van der Waals surface area (Å²) in [4.78, 5) is 12.1. The summed E-state index contributed by atoms with van der Waals surface area (Å²) < 4.78 is 38.2. The molecule has 0 aliphatic carbocycles. The van der Waals surface area contributed by atoms with Crippen LogP contribution in [0.25, 0.3) is 0 Å². The van der Waals surface area contributed by atoms with Gasteiger partial charge in [-0.25, -0.2) is 0 Å². The molecule has 2 aromatic rings. The van der Waals surface area contributed by atoms with E-state index in [1.807, 2.05) is 31.2 Å². The topological polar surface area (TPSA) is 49.3 Å². The molecule has 0 aliphatic heterocycles. The van der Waals surface area contributed by atoms with Crippen LogP contribution in [0.3, 0.4) is 0 Å². The Morgan fingerprint density at radius 1 is 1.16 bits per heavy atom. The Morgan fingerprint density at radius 2 is 1.80 bits per heavy atom. The van der Waals surface area contributed by atoms with Gasteiger partial charge in [0.1, 0.15) is 0 Å². The molecule has 2 aromatic carbocycles. The average Bonchev–Trinajstić information content (AvgIpc) is 2.55. The van der Waals surface area contributed by atoms with Crippen molar-refractivity contribution in [1.82, 2.24) is 5.32 Å². The van der Waals surface area contributed by atoms with E-state index in [0.717, 1.165) is 23.3 Å². The Morgan fingerprint density at radius 3 is 2.40 bits per heavy atom. The molecule has 0 spiro atoms. The van der Waals surface area contributed by atoms with E-state index in [0.29, 0.717) is 6.42 Å². The molecule has 1 amide bonds. The lowest BCUT2D eigenvalue weighted by Crippen LogP contribution is -2.37. The first-order valence-electron chi connectivity index (χ1n) is 7.88. The highest BCUT2D eigenvalue weighted by Crippen LogP contribution is 2.30. The molecule has 0 bridgehead atoms. The Kier molecular flexibility index (Phi) is 5.85. The van der Waals surface area contributed by atoms with Crippen molar-refractivity contribution in [3.63, 3.8) is 0 Å². The third kappa shape index (κ3) is 5.32. The van der Waals surface area contributed by atoms with Crippen molar-refractivity contribution >= 4 is 5.91 Å². The lowest BCUT2D eigenvalue weighted by molar-refractivity contribution is -0.138. The van der Waals surface area contributed by atoms with E-state index in [9.17, 15) is 23.1 Å². The lowest BCUT2D eigenvalue weighted by Gasteiger charge is -2.18. The number of aliphatic hydroxyl groups excluding tert-OH is 1. The zero-order valence-electron chi connectivity index (χ0n) is 14.0. The number of benzene rings is 2. The number of aliphatic hydroxyl groups is 1. The van der Waals surface area contributed by atoms with Crippen LogP contribution >= 0.6 is 0 Å². The molecule has 0 saturated heterocycles. The Balaban J connectivity index is 2.01. The standard InChI is InChI=1S/C19H20F3NO2/c1-12-6-8-14(9-7-12)10-13(2)23-18(25)17(24)15-4-3-5-16(11-15)19(20,21)22/h3-9,11,13,17,24H,10H2,1-2H3,(H,23,25)/t13-,17-/m1/s1. The van der Waals surface area contributed by atoms with Gasteiger partial charge in [-0.3, -0.25) is 4.79 Å². The van der Waals surface area contributed by atoms with Gasteiger partial charge in [0, 0.05) is 6.04 Å². The maximum absolute atomic E-state index is 12.7. The average molecular weight is 351 g/mol. The molecule has 2 rings (SSSR count). The van der Waals surface area contributed by atoms with Gasteiger partial charge >= 0.3 is 6.18 Å². The predicted octanol–water partition coefficient (Wildman–Crippen LogP) is 3.79. The summed E-state index contributed by atoms with van der Waals surface area (Å²) in [6, 6.07) is 11.7. The van der Waals surface area contributed by atoms with Crippen LogP contribution in [0.15, 0.2) is 48.5 Å². The zero-order chi connectivity index (χ0) is 18.6. The Bertz CT molecular complexity index is 726. The van der Waals surface area contributed by atoms with Gasteiger partial charge in [-0.1, -0.05) is 42.0 Å². The molecule has 0 heterocycles. The number of aryl methyl sites for hydroxylation is 1. The maximum atomic E-state index is 12.7. The quantitative estimate of drug-likeness (QED) is 0.861. The zero-order valence-corrected chi connectivity index (χ0v) is 14.0. The minimum absolute atomic E-state index is 0.0881. The fourth-order valence-corrected chi connectivity index (χ4v) is 2.49. The molecule has 0 saturated carbocycles. The van der Waals surface area contributed by atoms with Crippen LogP contribution in [0, 0.1) is 6.92 Å². The van der Waals surface area contributed by atoms with E-state index >= 15 is 0 Å². The summed E-state index contributed by atoms with van der Waals surface area (Å²) >= 11 is 0. The summed E-state index contributed by atoms with van der Waals surface area (Å²) in [7, 11) is 0. The van der Waals surface area contributed by atoms with Gasteiger partial charge in [0.05, 0.1) is 5.56 Å². The first-order chi connectivity index (χ1) is 11.7. The van der Waals surface area contributed by atoms with Gasteiger partial charge in [-0.15, -0.1) is 0 Å². The molecule has 0 aromatic heterocycles. The number of halogens is 3. The number of carbonyl (C=O) groups is 1. The van der Waals surface area contributed by atoms with E-state index < -0.39 is 23.8 Å². The van der Waals surface area contributed by atoms with Crippen molar-refractivity contribution in [2.45, 2.75) is 38.6 Å². The van der Waals surface area contributed by atoms with Crippen molar-refractivity contribution in [2.75, 3.05) is 0 Å². The van der Waals surface area contributed by atoms with Gasteiger partial charge in [0.25, 0.3) is 5.91 Å². The van der Waals surface area contributed by atoms with Crippen molar-refractivity contribution < 1.29 is 23.1 Å². The number of rotatable bonds is 5. The number of hydrogen-bond donors (Lipinski definition) is 2. The Labute approximate surface area is 144 Å². The molecule has 0 aliphatic rings. The highest BCUT2D eigenvalue weighted by Gasteiger charge is 2.31. The van der Waals surface area contributed by atoms with Crippen LogP contribution in [-0.2, 0) is 17.4 Å². The number of carbonyl (C=O) groups excluding carboxylic acids is 1. The molecule has 0 unspecified atom stereocenters. The number of alkyl halides is 3. The smallest absolute Gasteiger partial charge is 0.378 e. The summed E-state index contributed by atoms with van der Waals surface area (Å²) in [6.07, 6.45) is -5.62. The molecule has 0 radical (unpaired) electrons. The van der Waals surface area contributed by atoms with Crippen molar-refractivity contribution in [3.8, 4) is 0 Å². The highest BCUT2D eigenvalue weighted by molar-refractivity contribution is 5.82. The molecule has 2 N–H and O–H groups in total. The molecule has 25 heavy (non-hydrogen) atoms. The fraction of sp³-hybridized carbons (Fsp3) is 0.316. The third-order valence-electron chi connectivity index (χ3n) is 3.83. The van der Waals surface area contributed by atoms with Crippen LogP contribution in [-0.4, -0.2) is 17.1 Å². The number of amides is 1. The first kappa shape index (κ1) is 19.0. The largest absolute Gasteiger partial charge is 0.416 e. The molecular formula is C19H20F3NO2. The second kappa shape index (κ2) is 7.70. The van der Waals surface area contributed by atoms with E-state index in [1.165, 1.54) is 12.1 Å². The third-order valence-corrected chi connectivity index (χ3v) is 3.83. The van der Waals surface area contributed by atoms with Crippen LogP contribution in [0.4, 0.5) is 13.2 Å². The normalized spacial score (nSPS) is 14.0. The first-order valence-corrected chi connectivity index (χ1v) is 7.88. The van der Waals surface area contributed by atoms with Crippen LogP contribution in [0.2, 0.25) is 0 Å². The fourth-order valence-electron chi connectivity index (χ4n) is 2.49. The summed E-state index contributed by atoms with van der Waals surface area (Å²) in [6.45, 7) is 3.75. The van der Waals surface area contributed by atoms with E-state index in [2.05, 4.69) is 5.32 Å². The van der Waals surface area contributed by atoms with E-state index in [1.54, 1.807) is 6.92 Å². The molecule has 6 heteroatoms. The second-order valence-electron chi connectivity index (χ2n) is 6.13. The minimum atomic E-state index is -4.52. The van der Waals surface area contributed by atoms with Crippen molar-refractivity contribution in [2.24, 2.45) is 0 Å². The van der Waals surface area contributed by atoms with Crippen molar-refractivity contribution in [3.05, 3.63) is 70.8 Å². The maximum Gasteiger partial charge on any atom is 0.416 e. The van der Waals surface area contributed by atoms with Gasteiger partial charge in [0.15, 0.2) is 6.10 Å². The van der Waals surface area contributed by atoms with E-state index in [-0.39, 0.29) is 11.6 Å². The summed E-state index contributed by atoms with van der Waals surface area (Å²) in [5, 5.41) is 12.7. The Hall–Kier alpha value is -2.34. The predicted molar refractivity (Wildman–Crippen MR) is 88.9 cm³/mol. The highest BCUT2D eigenvalue weighted by atomic mass is 19.4. The summed E-state index contributed by atoms with van der Waals surface area (Å²) in [5.74, 6) is -0.723. The van der Waals surface area contributed by atoms with Crippen LogP contribution in [0.1, 0.15) is 35.3 Å². The molecule has 134 valence electrons. The molecule has 3 nitrogen and oxygen atoms in total. The monoisotopic (exact) mass is 351 g/mol. The molecule has 0 fully saturated rings. The van der Waals surface area contributed by atoms with Gasteiger partial charge in [-0.2, -0.15) is 13.2 Å². The molecular weight excluding hydrogens is 331 g/mol.